The second-order valence-corrected chi connectivity index (χ2v) is 8.95. The molecule has 6 nitrogen and oxygen atoms in total. The van der Waals surface area contributed by atoms with Gasteiger partial charge in [-0.15, -0.1) is 0 Å². The molecule has 0 aromatic heterocycles. The number of piperazine rings is 1. The van der Waals surface area contributed by atoms with Crippen molar-refractivity contribution in [2.24, 2.45) is 0 Å². The number of likely N-dealkylation sites (N-methyl/N-ethyl adjacent to an activating group) is 1. The third-order valence-corrected chi connectivity index (χ3v) is 6.72. The normalized spacial score (nSPS) is 16.3. The first kappa shape index (κ1) is 19.5. The number of benzene rings is 2. The Labute approximate surface area is 160 Å². The molecule has 1 fully saturated rings. The van der Waals surface area contributed by atoms with Crippen LogP contribution in [0.25, 0.3) is 0 Å². The highest BCUT2D eigenvalue weighted by Gasteiger charge is 2.28. The lowest BCUT2D eigenvalue weighted by molar-refractivity contribution is 0.102. The molecule has 0 spiro atoms. The Hall–Kier alpha value is -2.22. The Morgan fingerprint density at radius 2 is 1.70 bits per heavy atom. The molecule has 1 aliphatic heterocycles. The Morgan fingerprint density at radius 1 is 1.00 bits per heavy atom. The molecular formula is C20H25N3O3S. The van der Waals surface area contributed by atoms with Crippen LogP contribution < -0.4 is 5.32 Å². The molecule has 27 heavy (non-hydrogen) atoms. The van der Waals surface area contributed by atoms with Gasteiger partial charge in [0.1, 0.15) is 0 Å². The van der Waals surface area contributed by atoms with Crippen LogP contribution in [0.15, 0.2) is 47.4 Å². The molecule has 1 aliphatic rings. The fourth-order valence-corrected chi connectivity index (χ4v) is 4.55. The minimum absolute atomic E-state index is 0.159. The third-order valence-electron chi connectivity index (χ3n) is 4.83. The molecule has 1 heterocycles. The molecular weight excluding hydrogens is 362 g/mol. The van der Waals surface area contributed by atoms with Crippen LogP contribution in [0.3, 0.4) is 0 Å². The largest absolute Gasteiger partial charge is 0.322 e. The minimum Gasteiger partial charge on any atom is -0.322 e. The van der Waals surface area contributed by atoms with Crippen LogP contribution in [-0.4, -0.2) is 56.8 Å². The first-order valence-corrected chi connectivity index (χ1v) is 10.4. The molecule has 0 atom stereocenters. The summed E-state index contributed by atoms with van der Waals surface area (Å²) >= 11 is 0. The van der Waals surface area contributed by atoms with E-state index in [2.05, 4.69) is 10.2 Å². The highest BCUT2D eigenvalue weighted by atomic mass is 32.2. The number of carbonyl (C=O) groups is 1. The predicted octanol–water partition coefficient (Wildman–Crippen LogP) is 2.49. The van der Waals surface area contributed by atoms with Crippen molar-refractivity contribution in [3.8, 4) is 0 Å². The van der Waals surface area contributed by atoms with Crippen molar-refractivity contribution in [3.63, 3.8) is 0 Å². The number of carbonyl (C=O) groups excluding carboxylic acids is 1. The molecule has 0 aliphatic carbocycles. The van der Waals surface area contributed by atoms with E-state index in [-0.39, 0.29) is 10.8 Å². The van der Waals surface area contributed by atoms with Gasteiger partial charge in [-0.3, -0.25) is 4.79 Å². The highest BCUT2D eigenvalue weighted by Crippen LogP contribution is 2.22. The summed E-state index contributed by atoms with van der Waals surface area (Å²) in [6.45, 7) is 6.06. The molecule has 0 bridgehead atoms. The average Bonchev–Trinajstić information content (AvgIpc) is 2.62. The maximum Gasteiger partial charge on any atom is 0.255 e. The number of hydrogen-bond donors (Lipinski definition) is 1. The molecule has 144 valence electrons. The van der Waals surface area contributed by atoms with Gasteiger partial charge < -0.3 is 10.2 Å². The standard InChI is InChI=1S/C20H25N3O3S/c1-15-5-4-6-17(13-15)21-20(24)19-14-18(8-7-16(19)2)27(25,26)23-11-9-22(3)10-12-23/h4-8,13-14H,9-12H2,1-3H3,(H,21,24). The summed E-state index contributed by atoms with van der Waals surface area (Å²) < 4.78 is 27.4. The zero-order chi connectivity index (χ0) is 19.6. The summed E-state index contributed by atoms with van der Waals surface area (Å²) in [6.07, 6.45) is 0. The maximum atomic E-state index is 13.0. The van der Waals surface area contributed by atoms with Crippen molar-refractivity contribution < 1.29 is 13.2 Å². The van der Waals surface area contributed by atoms with Gasteiger partial charge >= 0.3 is 0 Å². The van der Waals surface area contributed by atoms with E-state index in [1.54, 1.807) is 19.1 Å². The Morgan fingerprint density at radius 3 is 2.37 bits per heavy atom. The maximum absolute atomic E-state index is 13.0. The Bertz CT molecular complexity index is 949. The molecule has 0 unspecified atom stereocenters. The van der Waals surface area contributed by atoms with Crippen molar-refractivity contribution in [2.45, 2.75) is 18.7 Å². The van der Waals surface area contributed by atoms with Gasteiger partial charge in [-0.1, -0.05) is 18.2 Å². The van der Waals surface area contributed by atoms with Gasteiger partial charge in [-0.2, -0.15) is 4.31 Å². The van der Waals surface area contributed by atoms with Gasteiger partial charge in [0.2, 0.25) is 10.0 Å². The van der Waals surface area contributed by atoms with E-state index < -0.39 is 10.0 Å². The molecule has 7 heteroatoms. The molecule has 1 N–H and O–H groups in total. The van der Waals surface area contributed by atoms with Crippen LogP contribution in [-0.2, 0) is 10.0 Å². The number of nitrogens with zero attached hydrogens (tertiary/aromatic N) is 2. The quantitative estimate of drug-likeness (QED) is 0.875. The zero-order valence-corrected chi connectivity index (χ0v) is 16.7. The second kappa shape index (κ2) is 7.80. The first-order valence-electron chi connectivity index (χ1n) is 8.95. The molecule has 2 aromatic rings. The summed E-state index contributed by atoms with van der Waals surface area (Å²) in [6, 6.07) is 12.2. The van der Waals surface area contributed by atoms with Crippen LogP contribution >= 0.6 is 0 Å². The van der Waals surface area contributed by atoms with E-state index in [9.17, 15) is 13.2 Å². The fourth-order valence-electron chi connectivity index (χ4n) is 3.10. The van der Waals surface area contributed by atoms with Crippen molar-refractivity contribution in [1.82, 2.24) is 9.21 Å². The monoisotopic (exact) mass is 387 g/mol. The van der Waals surface area contributed by atoms with E-state index in [0.717, 1.165) is 11.1 Å². The van der Waals surface area contributed by atoms with E-state index in [1.807, 2.05) is 38.2 Å². The average molecular weight is 388 g/mol. The molecule has 2 aromatic carbocycles. The van der Waals surface area contributed by atoms with Gasteiger partial charge in [0, 0.05) is 37.4 Å². The summed E-state index contributed by atoms with van der Waals surface area (Å²) in [5, 5.41) is 2.85. The van der Waals surface area contributed by atoms with Gasteiger partial charge in [0.25, 0.3) is 5.91 Å². The van der Waals surface area contributed by atoms with Crippen LogP contribution in [0.2, 0.25) is 0 Å². The van der Waals surface area contributed by atoms with E-state index in [0.29, 0.717) is 37.4 Å². The van der Waals surface area contributed by atoms with E-state index in [1.165, 1.54) is 10.4 Å². The van der Waals surface area contributed by atoms with Gasteiger partial charge in [0.05, 0.1) is 4.90 Å². The smallest absolute Gasteiger partial charge is 0.255 e. The van der Waals surface area contributed by atoms with Gasteiger partial charge in [-0.25, -0.2) is 8.42 Å². The SMILES string of the molecule is Cc1cccc(NC(=O)c2cc(S(=O)(=O)N3CCN(C)CC3)ccc2C)c1. The summed E-state index contributed by atoms with van der Waals surface area (Å²) in [7, 11) is -1.64. The summed E-state index contributed by atoms with van der Waals surface area (Å²) in [5.74, 6) is -0.312. The van der Waals surface area contributed by atoms with Crippen molar-refractivity contribution in [2.75, 3.05) is 38.5 Å². The van der Waals surface area contributed by atoms with Gasteiger partial charge in [0.15, 0.2) is 0 Å². The lowest BCUT2D eigenvalue weighted by atomic mass is 10.1. The fraction of sp³-hybridized carbons (Fsp3) is 0.350. The number of nitrogens with one attached hydrogen (secondary N) is 1. The lowest BCUT2D eigenvalue weighted by Crippen LogP contribution is -2.47. The van der Waals surface area contributed by atoms with Crippen LogP contribution in [0.5, 0.6) is 0 Å². The van der Waals surface area contributed by atoms with Crippen LogP contribution in [0, 0.1) is 13.8 Å². The molecule has 1 saturated heterocycles. The number of hydrogen-bond acceptors (Lipinski definition) is 4. The number of sulfonamides is 1. The lowest BCUT2D eigenvalue weighted by Gasteiger charge is -2.31. The van der Waals surface area contributed by atoms with Crippen molar-refractivity contribution >= 4 is 21.6 Å². The zero-order valence-electron chi connectivity index (χ0n) is 15.9. The molecule has 0 radical (unpaired) electrons. The molecule has 0 saturated carbocycles. The van der Waals surface area contributed by atoms with Crippen LogP contribution in [0.1, 0.15) is 21.5 Å². The summed E-state index contributed by atoms with van der Waals surface area (Å²) in [4.78, 5) is 15.0. The van der Waals surface area contributed by atoms with Gasteiger partial charge in [-0.05, 0) is 56.3 Å². The second-order valence-electron chi connectivity index (χ2n) is 7.01. The first-order chi connectivity index (χ1) is 12.8. The Balaban J connectivity index is 1.86. The van der Waals surface area contributed by atoms with E-state index >= 15 is 0 Å². The number of rotatable bonds is 4. The number of aryl methyl sites for hydroxylation is 2. The molecule has 1 amide bonds. The van der Waals surface area contributed by atoms with E-state index in [4.69, 9.17) is 0 Å². The van der Waals surface area contributed by atoms with Crippen molar-refractivity contribution in [3.05, 3.63) is 59.2 Å². The summed E-state index contributed by atoms with van der Waals surface area (Å²) in [5.41, 5.74) is 2.83. The molecule has 3 rings (SSSR count). The van der Waals surface area contributed by atoms with Crippen molar-refractivity contribution in [1.29, 1.82) is 0 Å². The minimum atomic E-state index is -3.61. The Kier molecular flexibility index (Phi) is 5.64. The number of anilines is 1. The number of amides is 1. The highest BCUT2D eigenvalue weighted by molar-refractivity contribution is 7.89. The third kappa shape index (κ3) is 4.37. The van der Waals surface area contributed by atoms with Crippen LogP contribution in [0.4, 0.5) is 5.69 Å². The topological polar surface area (TPSA) is 69.7 Å². The predicted molar refractivity (Wildman–Crippen MR) is 107 cm³/mol.